The van der Waals surface area contributed by atoms with E-state index in [1.807, 2.05) is 0 Å². The number of nitrogens with one attached hydrogen (secondary N) is 3. The van der Waals surface area contributed by atoms with E-state index < -0.39 is 16.7 Å². The molecule has 1 aromatic heterocycles. The van der Waals surface area contributed by atoms with Gasteiger partial charge in [0, 0.05) is 12.1 Å². The van der Waals surface area contributed by atoms with Gasteiger partial charge in [-0.25, -0.2) is 0 Å². The first-order valence-electron chi connectivity index (χ1n) is 7.26. The molecule has 3 N–H and O–H groups in total. The van der Waals surface area contributed by atoms with Crippen molar-refractivity contribution in [3.8, 4) is 0 Å². The molecule has 26 heavy (non-hydrogen) atoms. The van der Waals surface area contributed by atoms with Crippen LogP contribution in [0.25, 0.3) is 6.08 Å². The van der Waals surface area contributed by atoms with Gasteiger partial charge in [0.1, 0.15) is 17.1 Å². The van der Waals surface area contributed by atoms with Gasteiger partial charge >= 0.3 is 0 Å². The number of hydrazine groups is 1. The smallest absolute Gasteiger partial charge is 0.282 e. The van der Waals surface area contributed by atoms with Crippen LogP contribution in [0.15, 0.2) is 46.9 Å². The minimum absolute atomic E-state index is 0.146. The zero-order valence-corrected chi connectivity index (χ0v) is 14.3. The molecule has 0 fully saturated rings. The molecule has 0 aliphatic heterocycles. The van der Waals surface area contributed by atoms with Gasteiger partial charge in [-0.05, 0) is 43.4 Å². The molecule has 0 bridgehead atoms. The Labute approximate surface area is 153 Å². The van der Waals surface area contributed by atoms with E-state index in [1.165, 1.54) is 36.4 Å². The molecular weight excluding hydrogens is 360 g/mol. The van der Waals surface area contributed by atoms with Crippen molar-refractivity contribution >= 4 is 40.9 Å². The Hall–Kier alpha value is -3.53. The van der Waals surface area contributed by atoms with Crippen LogP contribution in [-0.2, 0) is 4.79 Å². The summed E-state index contributed by atoms with van der Waals surface area (Å²) in [6.07, 6.45) is 2.66. The van der Waals surface area contributed by atoms with Gasteiger partial charge < -0.3 is 4.42 Å². The first kappa shape index (κ1) is 18.8. The van der Waals surface area contributed by atoms with Gasteiger partial charge in [0.25, 0.3) is 11.6 Å². The summed E-state index contributed by atoms with van der Waals surface area (Å²) >= 11 is 4.87. The summed E-state index contributed by atoms with van der Waals surface area (Å²) in [7, 11) is 0. The molecule has 9 nitrogen and oxygen atoms in total. The van der Waals surface area contributed by atoms with Crippen molar-refractivity contribution in [2.24, 2.45) is 0 Å². The molecule has 134 valence electrons. The number of thiocarbonyl (C=S) groups is 1. The molecule has 2 rings (SSSR count). The maximum atomic E-state index is 12.0. The van der Waals surface area contributed by atoms with E-state index in [4.69, 9.17) is 16.6 Å². The van der Waals surface area contributed by atoms with Gasteiger partial charge in [0.2, 0.25) is 5.91 Å². The number of nitrogens with zero attached hydrogens (tertiary/aromatic N) is 1. The van der Waals surface area contributed by atoms with Gasteiger partial charge in [-0.3, -0.25) is 35.9 Å². The van der Waals surface area contributed by atoms with Crippen LogP contribution in [-0.4, -0.2) is 21.9 Å². The first-order chi connectivity index (χ1) is 12.4. The highest BCUT2D eigenvalue weighted by molar-refractivity contribution is 7.80. The van der Waals surface area contributed by atoms with Crippen molar-refractivity contribution in [2.75, 3.05) is 0 Å². The SMILES string of the molecule is Cc1ccc(C=CC(=O)NC(=S)NNC(=O)c2ccccc2[N+](=O)[O-])o1. The highest BCUT2D eigenvalue weighted by Gasteiger charge is 2.19. The number of para-hydroxylation sites is 1. The minimum Gasteiger partial charge on any atom is -0.462 e. The summed E-state index contributed by atoms with van der Waals surface area (Å²) in [5.74, 6) is -0.104. The lowest BCUT2D eigenvalue weighted by atomic mass is 10.2. The van der Waals surface area contributed by atoms with E-state index in [2.05, 4.69) is 16.2 Å². The number of nitro groups is 1. The topological polar surface area (TPSA) is 127 Å². The maximum absolute atomic E-state index is 12.0. The summed E-state index contributed by atoms with van der Waals surface area (Å²) in [6.45, 7) is 1.77. The Bertz CT molecular complexity index is 890. The van der Waals surface area contributed by atoms with Crippen LogP contribution in [0.5, 0.6) is 0 Å². The minimum atomic E-state index is -0.768. The second-order valence-corrected chi connectivity index (χ2v) is 5.36. The van der Waals surface area contributed by atoms with Crippen LogP contribution in [0.1, 0.15) is 21.9 Å². The van der Waals surface area contributed by atoms with Gasteiger partial charge in [0.05, 0.1) is 4.92 Å². The lowest BCUT2D eigenvalue weighted by Gasteiger charge is -2.09. The predicted octanol–water partition coefficient (Wildman–Crippen LogP) is 1.85. The normalized spacial score (nSPS) is 10.3. The number of carbonyl (C=O) groups excluding carboxylic acids is 2. The number of rotatable bonds is 4. The average Bonchev–Trinajstić information content (AvgIpc) is 3.03. The number of furan rings is 1. The summed E-state index contributed by atoms with van der Waals surface area (Å²) in [5, 5.41) is 13.0. The third-order valence-corrected chi connectivity index (χ3v) is 3.24. The third kappa shape index (κ3) is 5.24. The molecule has 0 aliphatic rings. The van der Waals surface area contributed by atoms with Crippen LogP contribution in [0, 0.1) is 17.0 Å². The zero-order chi connectivity index (χ0) is 19.1. The van der Waals surface area contributed by atoms with E-state index in [1.54, 1.807) is 19.1 Å². The lowest BCUT2D eigenvalue weighted by Crippen LogP contribution is -2.48. The second-order valence-electron chi connectivity index (χ2n) is 4.95. The predicted molar refractivity (Wildman–Crippen MR) is 96.9 cm³/mol. The standard InChI is InChI=1S/C16H14N4O5S/c1-10-6-7-11(25-10)8-9-14(21)17-16(26)19-18-15(22)12-4-2-3-5-13(12)20(23)24/h2-9H,1H3,(H,18,22)(H2,17,19,21,26). The van der Waals surface area contributed by atoms with Gasteiger partial charge in [-0.2, -0.15) is 0 Å². The fourth-order valence-corrected chi connectivity index (χ4v) is 2.04. The summed E-state index contributed by atoms with van der Waals surface area (Å²) in [6, 6.07) is 8.88. The van der Waals surface area contributed by atoms with Crippen molar-refractivity contribution in [3.05, 3.63) is 69.7 Å². The second kappa shape index (κ2) is 8.53. The van der Waals surface area contributed by atoms with Crippen LogP contribution in [0.2, 0.25) is 0 Å². The monoisotopic (exact) mass is 374 g/mol. The van der Waals surface area contributed by atoms with Crippen LogP contribution >= 0.6 is 12.2 Å². The molecule has 0 unspecified atom stereocenters. The van der Waals surface area contributed by atoms with E-state index in [9.17, 15) is 19.7 Å². The Morgan fingerprint density at radius 2 is 1.92 bits per heavy atom. The van der Waals surface area contributed by atoms with E-state index in [0.717, 1.165) is 0 Å². The maximum Gasteiger partial charge on any atom is 0.282 e. The summed E-state index contributed by atoms with van der Waals surface area (Å²) in [5.41, 5.74) is 3.99. The number of nitro benzene ring substituents is 1. The molecule has 2 aromatic rings. The number of amides is 2. The Kier molecular flexibility index (Phi) is 6.17. The number of aryl methyl sites for hydroxylation is 1. The number of benzene rings is 1. The van der Waals surface area contributed by atoms with Gasteiger partial charge in [-0.1, -0.05) is 12.1 Å². The summed E-state index contributed by atoms with van der Waals surface area (Å²) < 4.78 is 5.27. The molecule has 1 aromatic carbocycles. The van der Waals surface area contributed by atoms with Crippen LogP contribution in [0.4, 0.5) is 5.69 Å². The van der Waals surface area contributed by atoms with Crippen molar-refractivity contribution in [1.82, 2.24) is 16.2 Å². The molecule has 0 aliphatic carbocycles. The van der Waals surface area contributed by atoms with Crippen molar-refractivity contribution in [3.63, 3.8) is 0 Å². The Morgan fingerprint density at radius 3 is 2.58 bits per heavy atom. The number of hydrogen-bond acceptors (Lipinski definition) is 6. The Morgan fingerprint density at radius 1 is 1.19 bits per heavy atom. The fourth-order valence-electron chi connectivity index (χ4n) is 1.89. The average molecular weight is 374 g/mol. The molecule has 10 heteroatoms. The molecular formula is C16H14N4O5S. The van der Waals surface area contributed by atoms with E-state index in [-0.39, 0.29) is 16.4 Å². The fraction of sp³-hybridized carbons (Fsp3) is 0.0625. The molecule has 0 spiro atoms. The number of hydrogen-bond donors (Lipinski definition) is 3. The molecule has 0 saturated heterocycles. The highest BCUT2D eigenvalue weighted by atomic mass is 32.1. The Balaban J connectivity index is 1.86. The molecule has 0 saturated carbocycles. The molecule has 2 amide bonds. The largest absolute Gasteiger partial charge is 0.462 e. The lowest BCUT2D eigenvalue weighted by molar-refractivity contribution is -0.385. The molecule has 1 heterocycles. The zero-order valence-electron chi connectivity index (χ0n) is 13.5. The number of carbonyl (C=O) groups is 2. The van der Waals surface area contributed by atoms with Crippen molar-refractivity contribution < 1.29 is 18.9 Å². The van der Waals surface area contributed by atoms with E-state index >= 15 is 0 Å². The van der Waals surface area contributed by atoms with Gasteiger partial charge in [-0.15, -0.1) is 0 Å². The van der Waals surface area contributed by atoms with Crippen LogP contribution in [0.3, 0.4) is 0 Å². The third-order valence-electron chi connectivity index (χ3n) is 3.03. The summed E-state index contributed by atoms with van der Waals surface area (Å²) in [4.78, 5) is 34.0. The first-order valence-corrected chi connectivity index (χ1v) is 7.67. The van der Waals surface area contributed by atoms with Crippen molar-refractivity contribution in [2.45, 2.75) is 6.92 Å². The highest BCUT2D eigenvalue weighted by Crippen LogP contribution is 2.16. The van der Waals surface area contributed by atoms with Gasteiger partial charge in [0.15, 0.2) is 5.11 Å². The van der Waals surface area contributed by atoms with E-state index in [0.29, 0.717) is 11.5 Å². The van der Waals surface area contributed by atoms with Crippen molar-refractivity contribution in [1.29, 1.82) is 0 Å². The molecule has 0 radical (unpaired) electrons. The quantitative estimate of drug-likeness (QED) is 0.323. The molecule has 0 atom stereocenters. The van der Waals surface area contributed by atoms with Crippen LogP contribution < -0.4 is 16.2 Å².